The van der Waals surface area contributed by atoms with Crippen LogP contribution in [-0.2, 0) is 0 Å². The van der Waals surface area contributed by atoms with Gasteiger partial charge in [0.2, 0.25) is 5.88 Å². The van der Waals surface area contributed by atoms with Crippen molar-refractivity contribution in [2.24, 2.45) is 0 Å². The first-order valence-electron chi connectivity index (χ1n) is 12.6. The maximum Gasteiger partial charge on any atom is 0.240 e. The summed E-state index contributed by atoms with van der Waals surface area (Å²) in [5.41, 5.74) is 6.89. The second-order valence-electron chi connectivity index (χ2n) is 10.5. The van der Waals surface area contributed by atoms with Gasteiger partial charge in [-0.3, -0.25) is 0 Å². The van der Waals surface area contributed by atoms with Gasteiger partial charge in [0.05, 0.1) is 33.5 Å². The fourth-order valence-electron chi connectivity index (χ4n) is 6.11. The first-order valence-corrected chi connectivity index (χ1v) is 13.8. The summed E-state index contributed by atoms with van der Waals surface area (Å²) in [6.07, 6.45) is -0.171. The number of fused-ring (bicyclic) bond motifs is 5. The van der Waals surface area contributed by atoms with Crippen LogP contribution in [-0.4, -0.2) is 80.4 Å². The largest absolute Gasteiger partial charge is 0.470 e. The molecule has 1 fully saturated rings. The molecule has 1 saturated heterocycles. The van der Waals surface area contributed by atoms with Crippen LogP contribution in [0.4, 0.5) is 29.7 Å². The van der Waals surface area contributed by atoms with Gasteiger partial charge in [0.15, 0.2) is 10.9 Å². The maximum absolute atomic E-state index is 16.6. The third kappa shape index (κ3) is 3.80. The number of anilines is 3. The predicted octanol–water partition coefficient (Wildman–Crippen LogP) is 4.09. The molecular formula is C26H25ClF3N7OS. The normalized spacial score (nSPS) is 20.5. The fraction of sp³-hybridized carbons (Fsp3) is 0.385. The first kappa shape index (κ1) is 24.9. The standard InChI is InChI=1S/C26H25ClF3N7OS/c1-35(2)9-12-10-36-8-11-7-32-3-4-37(11)22-13-5-14(27)17(19(30)20(13)33-25(38-12)23(22)36)18-15(28)6-16(29)24-21(18)34-26(31)39-24/h5-6,11-12,32H,3-4,7-10H2,1-2H3,(H2,31,34)/t11-,12+/m1/s1. The van der Waals surface area contributed by atoms with Crippen molar-refractivity contribution in [2.75, 3.05) is 68.9 Å². The second-order valence-corrected chi connectivity index (χ2v) is 11.9. The number of pyridine rings is 1. The van der Waals surface area contributed by atoms with Crippen molar-refractivity contribution in [3.63, 3.8) is 0 Å². The number of thiazole rings is 1. The summed E-state index contributed by atoms with van der Waals surface area (Å²) in [5.74, 6) is -2.29. The van der Waals surface area contributed by atoms with Crippen molar-refractivity contribution < 1.29 is 17.9 Å². The van der Waals surface area contributed by atoms with E-state index >= 15 is 8.78 Å². The number of likely N-dealkylation sites (N-methyl/N-ethyl adjacent to an activating group) is 1. The van der Waals surface area contributed by atoms with Crippen molar-refractivity contribution in [1.82, 2.24) is 20.2 Å². The van der Waals surface area contributed by atoms with E-state index in [1.165, 1.54) is 0 Å². The van der Waals surface area contributed by atoms with Crippen molar-refractivity contribution in [1.29, 1.82) is 0 Å². The second kappa shape index (κ2) is 8.98. The molecule has 13 heteroatoms. The third-order valence-corrected chi connectivity index (χ3v) is 8.77. The van der Waals surface area contributed by atoms with Crippen molar-refractivity contribution in [3.8, 4) is 17.0 Å². The summed E-state index contributed by atoms with van der Waals surface area (Å²) >= 11 is 7.58. The third-order valence-electron chi connectivity index (χ3n) is 7.58. The summed E-state index contributed by atoms with van der Waals surface area (Å²) in [5, 5.41) is 3.98. The number of nitrogens with zero attached hydrogens (tertiary/aromatic N) is 5. The molecule has 5 heterocycles. The van der Waals surface area contributed by atoms with Crippen molar-refractivity contribution in [3.05, 3.63) is 34.6 Å². The Hall–Kier alpha value is -3.06. The van der Waals surface area contributed by atoms with Crippen molar-refractivity contribution >= 4 is 60.6 Å². The highest BCUT2D eigenvalue weighted by atomic mass is 35.5. The predicted molar refractivity (Wildman–Crippen MR) is 149 cm³/mol. The highest BCUT2D eigenvalue weighted by Crippen LogP contribution is 2.51. The van der Waals surface area contributed by atoms with Gasteiger partial charge < -0.3 is 30.5 Å². The molecule has 39 heavy (non-hydrogen) atoms. The van der Waals surface area contributed by atoms with E-state index in [2.05, 4.69) is 25.1 Å². The van der Waals surface area contributed by atoms with E-state index in [0.717, 1.165) is 48.9 Å². The Balaban J connectivity index is 1.51. The van der Waals surface area contributed by atoms with Gasteiger partial charge in [-0.2, -0.15) is 0 Å². The minimum absolute atomic E-state index is 0.00728. The van der Waals surface area contributed by atoms with E-state index in [4.69, 9.17) is 22.1 Å². The highest BCUT2D eigenvalue weighted by Gasteiger charge is 2.41. The molecule has 0 aliphatic carbocycles. The Bertz CT molecular complexity index is 1660. The van der Waals surface area contributed by atoms with E-state index < -0.39 is 17.5 Å². The monoisotopic (exact) mass is 575 g/mol. The van der Waals surface area contributed by atoms with Gasteiger partial charge in [0.1, 0.15) is 28.9 Å². The SMILES string of the molecule is CN(C)C[C@H]1CN2C[C@H]3CNCCN3c3c2c(nc2c(F)c(-c4c(F)cc(F)c5sc(N)nc45)c(Cl)cc32)O1. The van der Waals surface area contributed by atoms with Gasteiger partial charge in [0.25, 0.3) is 0 Å². The molecule has 0 bridgehead atoms. The number of rotatable bonds is 3. The molecule has 0 amide bonds. The molecule has 2 aromatic heterocycles. The average Bonchev–Trinajstić information content (AvgIpc) is 3.27. The van der Waals surface area contributed by atoms with Crippen molar-refractivity contribution in [2.45, 2.75) is 12.1 Å². The van der Waals surface area contributed by atoms with Crippen LogP contribution < -0.4 is 25.6 Å². The number of nitrogens with two attached hydrogens (primary N) is 1. The van der Waals surface area contributed by atoms with Crippen LogP contribution in [0.15, 0.2) is 12.1 Å². The first-order chi connectivity index (χ1) is 18.7. The quantitative estimate of drug-likeness (QED) is 0.378. The molecule has 0 radical (unpaired) electrons. The number of piperazine rings is 1. The Morgan fingerprint density at radius 1 is 1.13 bits per heavy atom. The van der Waals surface area contributed by atoms with E-state index in [-0.39, 0.29) is 49.2 Å². The lowest BCUT2D eigenvalue weighted by molar-refractivity contribution is 0.147. The van der Waals surface area contributed by atoms with E-state index in [9.17, 15) is 4.39 Å². The number of aromatic nitrogens is 2. The van der Waals surface area contributed by atoms with E-state index in [1.807, 2.05) is 19.0 Å². The van der Waals surface area contributed by atoms with Gasteiger partial charge in [-0.05, 0) is 20.2 Å². The lowest BCUT2D eigenvalue weighted by Gasteiger charge is -2.50. The fourth-order valence-corrected chi connectivity index (χ4v) is 7.14. The average molecular weight is 576 g/mol. The summed E-state index contributed by atoms with van der Waals surface area (Å²) < 4.78 is 52.8. The number of nitrogens with one attached hydrogen (secondary N) is 1. The van der Waals surface area contributed by atoms with Gasteiger partial charge in [-0.15, -0.1) is 0 Å². The minimum atomic E-state index is -0.986. The molecule has 204 valence electrons. The summed E-state index contributed by atoms with van der Waals surface area (Å²) in [6, 6.07) is 2.49. The molecule has 0 unspecified atom stereocenters. The highest BCUT2D eigenvalue weighted by molar-refractivity contribution is 7.22. The van der Waals surface area contributed by atoms with Crippen LogP contribution >= 0.6 is 22.9 Å². The molecule has 8 nitrogen and oxygen atoms in total. The minimum Gasteiger partial charge on any atom is -0.470 e. The Morgan fingerprint density at radius 3 is 2.74 bits per heavy atom. The molecule has 3 aliphatic rings. The lowest BCUT2D eigenvalue weighted by atomic mass is 9.96. The van der Waals surface area contributed by atoms with Crippen LogP contribution in [0.2, 0.25) is 5.02 Å². The van der Waals surface area contributed by atoms with Gasteiger partial charge in [-0.1, -0.05) is 22.9 Å². The molecule has 2 atom stereocenters. The van der Waals surface area contributed by atoms with Gasteiger partial charge in [-0.25, -0.2) is 23.1 Å². The van der Waals surface area contributed by atoms with Gasteiger partial charge >= 0.3 is 0 Å². The number of ether oxygens (including phenoxy) is 1. The van der Waals surface area contributed by atoms with Crippen LogP contribution in [0.5, 0.6) is 5.88 Å². The number of nitrogen functional groups attached to an aromatic ring is 1. The molecule has 3 aliphatic heterocycles. The maximum atomic E-state index is 16.6. The molecule has 0 spiro atoms. The molecule has 0 saturated carbocycles. The van der Waals surface area contributed by atoms with E-state index in [0.29, 0.717) is 30.4 Å². The number of hydrogen-bond donors (Lipinski definition) is 2. The Kier molecular flexibility index (Phi) is 5.74. The summed E-state index contributed by atoms with van der Waals surface area (Å²) in [7, 11) is 3.94. The molecule has 7 rings (SSSR count). The van der Waals surface area contributed by atoms with Crippen LogP contribution in [0.3, 0.4) is 0 Å². The van der Waals surface area contributed by atoms with E-state index in [1.54, 1.807) is 6.07 Å². The zero-order valence-corrected chi connectivity index (χ0v) is 22.8. The molecular weight excluding hydrogens is 551 g/mol. The smallest absolute Gasteiger partial charge is 0.240 e. The Labute approximate surface area is 231 Å². The number of benzene rings is 2. The molecule has 4 aromatic rings. The van der Waals surface area contributed by atoms with Crippen LogP contribution in [0.25, 0.3) is 32.2 Å². The van der Waals surface area contributed by atoms with Gasteiger partial charge in [0, 0.05) is 55.3 Å². The zero-order valence-electron chi connectivity index (χ0n) is 21.2. The number of halogens is 4. The zero-order chi connectivity index (χ0) is 27.2. The molecule has 2 aromatic carbocycles. The molecule has 3 N–H and O–H groups in total. The summed E-state index contributed by atoms with van der Waals surface area (Å²) in [6.45, 7) is 4.40. The lowest BCUT2D eigenvalue weighted by Crippen LogP contribution is -2.61. The van der Waals surface area contributed by atoms with Crippen LogP contribution in [0, 0.1) is 17.5 Å². The van der Waals surface area contributed by atoms with Crippen LogP contribution in [0.1, 0.15) is 0 Å². The topological polar surface area (TPSA) is 82.8 Å². The Morgan fingerprint density at radius 2 is 1.95 bits per heavy atom. The number of hydrogen-bond acceptors (Lipinski definition) is 9. The summed E-state index contributed by atoms with van der Waals surface area (Å²) in [4.78, 5) is 15.3.